The number of aromatic nitrogens is 7. The fraction of sp³-hybridized carbons (Fsp3) is 0.300. The van der Waals surface area contributed by atoms with Crippen LogP contribution in [0.1, 0.15) is 17.5 Å². The van der Waals surface area contributed by atoms with Gasteiger partial charge in [0.2, 0.25) is 0 Å². The summed E-state index contributed by atoms with van der Waals surface area (Å²) in [5, 5.41) is 36.0. The molecule has 3 aromatic heterocycles. The van der Waals surface area contributed by atoms with Gasteiger partial charge in [-0.25, -0.2) is 19.6 Å². The highest BCUT2D eigenvalue weighted by Gasteiger charge is 2.46. The third-order valence-corrected chi connectivity index (χ3v) is 5.56. The number of fused-ring (bicyclic) bond motifs is 1. The Bertz CT molecular complexity index is 1320. The molecule has 14 heteroatoms. The van der Waals surface area contributed by atoms with Crippen LogP contribution in [0.15, 0.2) is 43.1 Å². The number of aliphatic hydroxyl groups is 2. The average molecular weight is 466 g/mol. The molecule has 1 unspecified atom stereocenters. The second-order valence-electron chi connectivity index (χ2n) is 7.71. The molecule has 4 atom stereocenters. The van der Waals surface area contributed by atoms with Gasteiger partial charge in [0.05, 0.1) is 31.4 Å². The SMILES string of the molecule is N=C(N)c1ccc(-n2cc(CO[C@H]3C(O)[C@@H](CO)O[C@H]3n3cnc4c(N)ncnc43)nn2)cc1. The van der Waals surface area contributed by atoms with Crippen molar-refractivity contribution in [2.75, 3.05) is 12.3 Å². The number of rotatable bonds is 7. The first-order chi connectivity index (χ1) is 16.5. The number of aliphatic hydroxyl groups excluding tert-OH is 2. The van der Waals surface area contributed by atoms with E-state index in [2.05, 4.69) is 25.3 Å². The molecule has 4 aromatic rings. The van der Waals surface area contributed by atoms with Crippen molar-refractivity contribution < 1.29 is 19.7 Å². The van der Waals surface area contributed by atoms with Gasteiger partial charge in [-0.1, -0.05) is 5.21 Å². The van der Waals surface area contributed by atoms with Crippen LogP contribution in [0.2, 0.25) is 0 Å². The molecule has 0 amide bonds. The number of hydrogen-bond donors (Lipinski definition) is 5. The van der Waals surface area contributed by atoms with Crippen LogP contribution in [0.25, 0.3) is 16.9 Å². The molecule has 0 radical (unpaired) electrons. The molecule has 0 bridgehead atoms. The fourth-order valence-electron chi connectivity index (χ4n) is 3.80. The van der Waals surface area contributed by atoms with Crippen LogP contribution >= 0.6 is 0 Å². The minimum absolute atomic E-state index is 0.0212. The Morgan fingerprint density at radius 3 is 2.74 bits per heavy atom. The van der Waals surface area contributed by atoms with E-state index in [1.54, 1.807) is 39.7 Å². The van der Waals surface area contributed by atoms with Gasteiger partial charge in [-0.3, -0.25) is 9.98 Å². The van der Waals surface area contributed by atoms with Crippen LogP contribution in [0.5, 0.6) is 0 Å². The van der Waals surface area contributed by atoms with Crippen molar-refractivity contribution in [1.29, 1.82) is 5.41 Å². The standard InChI is InChI=1S/C20H22N10O4/c21-17(22)10-1-3-12(4-2-10)30-5-11(27-28-30)7-33-16-15(32)13(6-31)34-20(16)29-9-26-14-18(23)24-8-25-19(14)29/h1-5,8-9,13,15-16,20,31-32H,6-7H2,(H3,21,22)(H2,23,24,25)/t13-,15?,16+,20-/m1/s1. The number of amidine groups is 1. The maximum atomic E-state index is 10.7. The van der Waals surface area contributed by atoms with Gasteiger partial charge in [-0.05, 0) is 24.3 Å². The van der Waals surface area contributed by atoms with Crippen molar-refractivity contribution in [2.24, 2.45) is 5.73 Å². The number of nitrogens with two attached hydrogens (primary N) is 2. The summed E-state index contributed by atoms with van der Waals surface area (Å²) in [4.78, 5) is 12.4. The molecule has 34 heavy (non-hydrogen) atoms. The summed E-state index contributed by atoms with van der Waals surface area (Å²) in [5.74, 6) is 0.193. The Morgan fingerprint density at radius 2 is 2.00 bits per heavy atom. The third-order valence-electron chi connectivity index (χ3n) is 5.56. The van der Waals surface area contributed by atoms with Crippen molar-refractivity contribution in [3.05, 3.63) is 54.4 Å². The van der Waals surface area contributed by atoms with Gasteiger partial charge in [-0.15, -0.1) is 5.10 Å². The number of imidazole rings is 1. The molecule has 0 aliphatic carbocycles. The molecule has 1 aliphatic rings. The van der Waals surface area contributed by atoms with Crippen LogP contribution in [0.3, 0.4) is 0 Å². The lowest BCUT2D eigenvalue weighted by Crippen LogP contribution is -2.35. The van der Waals surface area contributed by atoms with Crippen LogP contribution < -0.4 is 11.5 Å². The summed E-state index contributed by atoms with van der Waals surface area (Å²) in [6.45, 7) is -0.372. The van der Waals surface area contributed by atoms with E-state index in [0.717, 1.165) is 5.69 Å². The second-order valence-corrected chi connectivity index (χ2v) is 7.71. The Hall–Kier alpha value is -3.98. The zero-order valence-corrected chi connectivity index (χ0v) is 17.8. The van der Waals surface area contributed by atoms with E-state index in [4.69, 9.17) is 26.4 Å². The lowest BCUT2D eigenvalue weighted by atomic mass is 10.1. The Kier molecular flexibility index (Phi) is 5.62. The molecule has 0 spiro atoms. The molecule has 7 N–H and O–H groups in total. The summed E-state index contributed by atoms with van der Waals surface area (Å²) in [7, 11) is 0. The number of benzene rings is 1. The van der Waals surface area contributed by atoms with Gasteiger partial charge in [0, 0.05) is 5.56 Å². The number of nitrogens with one attached hydrogen (secondary N) is 1. The van der Waals surface area contributed by atoms with Gasteiger partial charge in [0.25, 0.3) is 0 Å². The first-order valence-corrected chi connectivity index (χ1v) is 10.3. The largest absolute Gasteiger partial charge is 0.394 e. The topological polar surface area (TPSA) is 209 Å². The van der Waals surface area contributed by atoms with E-state index in [1.165, 1.54) is 12.7 Å². The number of nitrogen functional groups attached to an aromatic ring is 2. The normalized spacial score (nSPS) is 22.4. The number of hydrogen-bond acceptors (Lipinski definition) is 11. The molecule has 1 aliphatic heterocycles. The van der Waals surface area contributed by atoms with Crippen LogP contribution in [0, 0.1) is 5.41 Å². The highest BCUT2D eigenvalue weighted by molar-refractivity contribution is 5.95. The zero-order chi connectivity index (χ0) is 23.8. The monoisotopic (exact) mass is 466 g/mol. The highest BCUT2D eigenvalue weighted by atomic mass is 16.6. The first kappa shape index (κ1) is 21.8. The van der Waals surface area contributed by atoms with E-state index in [1.807, 2.05) is 0 Å². The zero-order valence-electron chi connectivity index (χ0n) is 17.8. The van der Waals surface area contributed by atoms with Gasteiger partial charge < -0.3 is 31.2 Å². The average Bonchev–Trinajstić information content (AvgIpc) is 3.55. The van der Waals surface area contributed by atoms with Crippen molar-refractivity contribution in [3.63, 3.8) is 0 Å². The summed E-state index contributed by atoms with van der Waals surface area (Å²) >= 11 is 0. The number of ether oxygens (including phenoxy) is 2. The minimum Gasteiger partial charge on any atom is -0.394 e. The van der Waals surface area contributed by atoms with Crippen molar-refractivity contribution >= 4 is 22.8 Å². The Labute approximate surface area is 192 Å². The highest BCUT2D eigenvalue weighted by Crippen LogP contribution is 2.34. The van der Waals surface area contributed by atoms with E-state index in [0.29, 0.717) is 22.4 Å². The van der Waals surface area contributed by atoms with E-state index < -0.39 is 31.1 Å². The Morgan fingerprint density at radius 1 is 1.21 bits per heavy atom. The van der Waals surface area contributed by atoms with Crippen molar-refractivity contribution in [2.45, 2.75) is 31.1 Å². The molecule has 5 rings (SSSR count). The Balaban J connectivity index is 1.35. The van der Waals surface area contributed by atoms with E-state index >= 15 is 0 Å². The molecule has 0 saturated carbocycles. The van der Waals surface area contributed by atoms with Crippen LogP contribution in [-0.4, -0.2) is 75.5 Å². The predicted octanol–water partition coefficient (Wildman–Crippen LogP) is -0.891. The van der Waals surface area contributed by atoms with Crippen molar-refractivity contribution in [3.8, 4) is 5.69 Å². The predicted molar refractivity (Wildman–Crippen MR) is 118 cm³/mol. The summed E-state index contributed by atoms with van der Waals surface area (Å²) < 4.78 is 15.0. The molecule has 4 heterocycles. The van der Waals surface area contributed by atoms with E-state index in [-0.39, 0.29) is 18.3 Å². The molecule has 176 valence electrons. The molecule has 1 aromatic carbocycles. The summed E-state index contributed by atoms with van der Waals surface area (Å²) in [6.07, 6.45) is 0.824. The molecule has 14 nitrogen and oxygen atoms in total. The van der Waals surface area contributed by atoms with Gasteiger partial charge in [-0.2, -0.15) is 0 Å². The number of nitrogens with zero attached hydrogens (tertiary/aromatic N) is 7. The van der Waals surface area contributed by atoms with Gasteiger partial charge >= 0.3 is 0 Å². The quantitative estimate of drug-likeness (QED) is 0.167. The number of anilines is 1. The van der Waals surface area contributed by atoms with E-state index in [9.17, 15) is 10.2 Å². The van der Waals surface area contributed by atoms with Crippen molar-refractivity contribution in [1.82, 2.24) is 34.5 Å². The summed E-state index contributed by atoms with van der Waals surface area (Å²) in [6, 6.07) is 6.97. The van der Waals surface area contributed by atoms with Gasteiger partial charge in [0.1, 0.15) is 41.7 Å². The van der Waals surface area contributed by atoms with Crippen LogP contribution in [-0.2, 0) is 16.1 Å². The third kappa shape index (κ3) is 3.84. The second kappa shape index (κ2) is 8.75. The molecule has 1 fully saturated rings. The lowest BCUT2D eigenvalue weighted by molar-refractivity contribution is -0.0767. The van der Waals surface area contributed by atoms with Crippen LogP contribution in [0.4, 0.5) is 5.82 Å². The maximum Gasteiger partial charge on any atom is 0.167 e. The molecule has 1 saturated heterocycles. The molecular formula is C20H22N10O4. The maximum absolute atomic E-state index is 10.7. The lowest BCUT2D eigenvalue weighted by Gasteiger charge is -2.21. The minimum atomic E-state index is -1.11. The smallest absolute Gasteiger partial charge is 0.167 e. The fourth-order valence-corrected chi connectivity index (χ4v) is 3.80. The summed E-state index contributed by atoms with van der Waals surface area (Å²) in [5.41, 5.74) is 14.0. The first-order valence-electron chi connectivity index (χ1n) is 10.3. The molecular weight excluding hydrogens is 444 g/mol. The van der Waals surface area contributed by atoms with Gasteiger partial charge in [0.15, 0.2) is 17.7 Å².